The lowest BCUT2D eigenvalue weighted by molar-refractivity contribution is 0.0193. The van der Waals surface area contributed by atoms with Crippen molar-refractivity contribution in [1.82, 2.24) is 10.2 Å². The van der Waals surface area contributed by atoms with E-state index in [0.29, 0.717) is 13.1 Å². The van der Waals surface area contributed by atoms with Gasteiger partial charge in [0.2, 0.25) is 0 Å². The Bertz CT molecular complexity index is 253. The zero-order valence-electron chi connectivity index (χ0n) is 10.4. The van der Waals surface area contributed by atoms with Gasteiger partial charge in [-0.2, -0.15) is 0 Å². The van der Waals surface area contributed by atoms with Gasteiger partial charge in [-0.1, -0.05) is 0 Å². The van der Waals surface area contributed by atoms with E-state index in [1.54, 1.807) is 7.05 Å². The Morgan fingerprint density at radius 3 is 2.62 bits per heavy atom. The molecule has 0 bridgehead atoms. The van der Waals surface area contributed by atoms with Gasteiger partial charge in [0.25, 0.3) is 0 Å². The second kappa shape index (κ2) is 4.99. The Morgan fingerprint density at radius 2 is 2.12 bits per heavy atom. The number of nitrogens with zero attached hydrogens (tertiary/aromatic N) is 1. The van der Waals surface area contributed by atoms with E-state index in [1.165, 1.54) is 4.90 Å². The molecule has 0 radical (unpaired) electrons. The number of carbonyl (C=O) groups excluding carboxylic acids is 1. The van der Waals surface area contributed by atoms with Gasteiger partial charge in [-0.15, -0.1) is 0 Å². The molecule has 0 aromatic heterocycles. The summed E-state index contributed by atoms with van der Waals surface area (Å²) in [6.45, 7) is 6.29. The molecule has 1 rings (SSSR count). The number of hydrogen-bond donors (Lipinski definition) is 1. The largest absolute Gasteiger partial charge is 0.444 e. The molecule has 1 aliphatic heterocycles. The summed E-state index contributed by atoms with van der Waals surface area (Å²) in [6.07, 6.45) is -0.389. The summed E-state index contributed by atoms with van der Waals surface area (Å²) in [5, 5.41) is 3.08. The molecular formula is C11H21FN2O2. The third-order valence-corrected chi connectivity index (χ3v) is 2.68. The highest BCUT2D eigenvalue weighted by Crippen LogP contribution is 2.18. The minimum absolute atomic E-state index is 0.111. The number of amides is 1. The van der Waals surface area contributed by atoms with Gasteiger partial charge in [0.15, 0.2) is 0 Å². The molecule has 0 saturated carbocycles. The highest BCUT2D eigenvalue weighted by Gasteiger charge is 2.34. The van der Waals surface area contributed by atoms with Gasteiger partial charge < -0.3 is 15.0 Å². The van der Waals surface area contributed by atoms with E-state index in [1.807, 2.05) is 20.8 Å². The zero-order valence-corrected chi connectivity index (χ0v) is 10.4. The fourth-order valence-corrected chi connectivity index (χ4v) is 1.80. The summed E-state index contributed by atoms with van der Waals surface area (Å²) < 4.78 is 17.9. The van der Waals surface area contributed by atoms with E-state index in [2.05, 4.69) is 5.32 Å². The van der Waals surface area contributed by atoms with Crippen molar-refractivity contribution >= 4 is 6.09 Å². The lowest BCUT2D eigenvalue weighted by Crippen LogP contribution is -2.45. The molecule has 0 aromatic carbocycles. The fourth-order valence-electron chi connectivity index (χ4n) is 1.80. The topological polar surface area (TPSA) is 41.6 Å². The van der Waals surface area contributed by atoms with E-state index < -0.39 is 12.3 Å². The Hall–Kier alpha value is -0.840. The van der Waals surface area contributed by atoms with Crippen molar-refractivity contribution in [2.75, 3.05) is 26.8 Å². The van der Waals surface area contributed by atoms with Gasteiger partial charge in [-0.05, 0) is 20.8 Å². The van der Waals surface area contributed by atoms with Crippen molar-refractivity contribution in [3.8, 4) is 0 Å². The quantitative estimate of drug-likeness (QED) is 0.782. The highest BCUT2D eigenvalue weighted by atomic mass is 19.1. The number of likely N-dealkylation sites (N-methyl/N-ethyl adjacent to an activating group) is 1. The van der Waals surface area contributed by atoms with Gasteiger partial charge in [0.05, 0.1) is 12.7 Å². The van der Waals surface area contributed by atoms with Crippen molar-refractivity contribution in [3.05, 3.63) is 0 Å². The Balaban J connectivity index is 2.56. The normalized spacial score (nSPS) is 25.6. The lowest BCUT2D eigenvalue weighted by Gasteiger charge is -2.30. The molecule has 1 saturated heterocycles. The van der Waals surface area contributed by atoms with Gasteiger partial charge in [-0.3, -0.25) is 4.39 Å². The van der Waals surface area contributed by atoms with Crippen LogP contribution in [0.15, 0.2) is 0 Å². The van der Waals surface area contributed by atoms with Crippen molar-refractivity contribution in [1.29, 1.82) is 0 Å². The van der Waals surface area contributed by atoms with E-state index in [9.17, 15) is 9.18 Å². The van der Waals surface area contributed by atoms with Crippen LogP contribution in [0.4, 0.5) is 9.18 Å². The summed E-state index contributed by atoms with van der Waals surface area (Å²) in [4.78, 5) is 13.3. The second-order valence-corrected chi connectivity index (χ2v) is 5.23. The van der Waals surface area contributed by atoms with Gasteiger partial charge in [0, 0.05) is 26.1 Å². The monoisotopic (exact) mass is 232 g/mol. The molecule has 1 N–H and O–H groups in total. The zero-order chi connectivity index (χ0) is 12.3. The number of rotatable bonds is 2. The predicted octanol–water partition coefficient (Wildman–Crippen LogP) is 1.41. The maximum Gasteiger partial charge on any atom is 0.410 e. The van der Waals surface area contributed by atoms with E-state index in [-0.39, 0.29) is 18.1 Å². The standard InChI is InChI=1S/C11H21FN2O2/c1-11(2,3)16-10(15)14(4)9-7-13-6-8(9)5-12/h8-9,13H,5-7H2,1-4H3/t8-,9+/m0/s1. The van der Waals surface area contributed by atoms with Crippen LogP contribution in [0.1, 0.15) is 20.8 Å². The minimum atomic E-state index is -0.511. The summed E-state index contributed by atoms with van der Waals surface area (Å²) in [6, 6.07) is -0.111. The molecule has 16 heavy (non-hydrogen) atoms. The average molecular weight is 232 g/mol. The first-order valence-electron chi connectivity index (χ1n) is 5.57. The first-order chi connectivity index (χ1) is 7.35. The average Bonchev–Trinajstić information content (AvgIpc) is 2.61. The van der Waals surface area contributed by atoms with Gasteiger partial charge >= 0.3 is 6.09 Å². The fraction of sp³-hybridized carbons (Fsp3) is 0.909. The van der Waals surface area contributed by atoms with Crippen LogP contribution in [0, 0.1) is 5.92 Å². The van der Waals surface area contributed by atoms with Crippen LogP contribution in [-0.4, -0.2) is 49.4 Å². The first-order valence-corrected chi connectivity index (χ1v) is 5.57. The van der Waals surface area contributed by atoms with E-state index in [0.717, 1.165) is 0 Å². The summed E-state index contributed by atoms with van der Waals surface area (Å²) in [5.41, 5.74) is -0.511. The summed E-state index contributed by atoms with van der Waals surface area (Å²) in [5.74, 6) is -0.127. The first kappa shape index (κ1) is 13.2. The van der Waals surface area contributed by atoms with Crippen LogP contribution >= 0.6 is 0 Å². The number of halogens is 1. The molecule has 0 spiro atoms. The molecule has 94 valence electrons. The molecule has 1 amide bonds. The molecule has 0 unspecified atom stereocenters. The predicted molar refractivity (Wildman–Crippen MR) is 60.1 cm³/mol. The maximum atomic E-state index is 12.7. The summed E-state index contributed by atoms with van der Waals surface area (Å²) >= 11 is 0. The molecule has 1 aliphatic rings. The summed E-state index contributed by atoms with van der Waals surface area (Å²) in [7, 11) is 1.66. The number of carbonyl (C=O) groups is 1. The molecule has 4 nitrogen and oxygen atoms in total. The molecule has 1 heterocycles. The van der Waals surface area contributed by atoms with Gasteiger partial charge in [-0.25, -0.2) is 4.79 Å². The van der Waals surface area contributed by atoms with Crippen molar-refractivity contribution in [2.24, 2.45) is 5.92 Å². The van der Waals surface area contributed by atoms with E-state index >= 15 is 0 Å². The SMILES string of the molecule is CN(C(=O)OC(C)(C)C)[C@@H]1CNC[C@@H]1CF. The molecule has 0 aliphatic carbocycles. The number of hydrogen-bond acceptors (Lipinski definition) is 3. The van der Waals surface area contributed by atoms with Crippen LogP contribution in [0.25, 0.3) is 0 Å². The third kappa shape index (κ3) is 3.33. The maximum absolute atomic E-state index is 12.7. The second-order valence-electron chi connectivity index (χ2n) is 5.23. The lowest BCUT2D eigenvalue weighted by atomic mass is 10.1. The van der Waals surface area contributed by atoms with Crippen LogP contribution in [0.2, 0.25) is 0 Å². The number of nitrogens with one attached hydrogen (secondary N) is 1. The van der Waals surface area contributed by atoms with Gasteiger partial charge in [0.1, 0.15) is 5.60 Å². The number of alkyl halides is 1. The molecule has 2 atom stereocenters. The van der Waals surface area contributed by atoms with Crippen molar-refractivity contribution in [3.63, 3.8) is 0 Å². The smallest absolute Gasteiger partial charge is 0.410 e. The minimum Gasteiger partial charge on any atom is -0.444 e. The molecule has 1 fully saturated rings. The van der Waals surface area contributed by atoms with Crippen LogP contribution in [0.5, 0.6) is 0 Å². The van der Waals surface area contributed by atoms with Crippen molar-refractivity contribution < 1.29 is 13.9 Å². The van der Waals surface area contributed by atoms with Crippen LogP contribution in [-0.2, 0) is 4.74 Å². The van der Waals surface area contributed by atoms with Crippen LogP contribution < -0.4 is 5.32 Å². The highest BCUT2D eigenvalue weighted by molar-refractivity contribution is 5.68. The molecule has 0 aromatic rings. The van der Waals surface area contributed by atoms with E-state index in [4.69, 9.17) is 4.74 Å². The third-order valence-electron chi connectivity index (χ3n) is 2.68. The molecule has 5 heteroatoms. The Morgan fingerprint density at radius 1 is 1.50 bits per heavy atom. The number of ether oxygens (including phenoxy) is 1. The van der Waals surface area contributed by atoms with Crippen molar-refractivity contribution in [2.45, 2.75) is 32.4 Å². The Labute approximate surface area is 96.1 Å². The Kier molecular flexibility index (Phi) is 4.13. The van der Waals surface area contributed by atoms with Crippen LogP contribution in [0.3, 0.4) is 0 Å². The molecular weight excluding hydrogens is 211 g/mol.